The fourth-order valence-electron chi connectivity index (χ4n) is 1.66. The molecule has 0 saturated carbocycles. The summed E-state index contributed by atoms with van der Waals surface area (Å²) >= 11 is 5.93. The Morgan fingerprint density at radius 2 is 1.75 bits per heavy atom. The Kier molecular flexibility index (Phi) is 3.91. The molecule has 5 nitrogen and oxygen atoms in total. The van der Waals surface area contributed by atoms with Crippen LogP contribution in [0.2, 0.25) is 5.02 Å². The van der Waals surface area contributed by atoms with E-state index in [0.717, 1.165) is 0 Å². The van der Waals surface area contributed by atoms with Crippen molar-refractivity contribution >= 4 is 34.7 Å². The third-order valence-electron chi connectivity index (χ3n) is 2.68. The first-order chi connectivity index (χ1) is 9.49. The van der Waals surface area contributed by atoms with Crippen LogP contribution in [0.4, 0.5) is 11.4 Å². The first-order valence-corrected chi connectivity index (χ1v) is 6.15. The molecule has 0 fully saturated rings. The largest absolute Gasteiger partial charge is 0.399 e. The summed E-state index contributed by atoms with van der Waals surface area (Å²) in [7, 11) is 0. The molecule has 0 radical (unpaired) electrons. The zero-order chi connectivity index (χ0) is 14.7. The number of carbonyl (C=O) groups is 1. The minimum Gasteiger partial charge on any atom is -0.399 e. The van der Waals surface area contributed by atoms with E-state index in [-0.39, 0.29) is 11.4 Å². The van der Waals surface area contributed by atoms with Crippen LogP contribution in [0.1, 0.15) is 15.9 Å². The van der Waals surface area contributed by atoms with E-state index in [1.807, 2.05) is 0 Å². The van der Waals surface area contributed by atoms with Crippen molar-refractivity contribution in [3.63, 3.8) is 0 Å². The maximum atomic E-state index is 12.0. The number of nitrogen functional groups attached to an aromatic ring is 2. The van der Waals surface area contributed by atoms with E-state index in [1.54, 1.807) is 42.5 Å². The molecule has 0 aliphatic carbocycles. The second-order valence-corrected chi connectivity index (χ2v) is 4.54. The molecule has 0 unspecified atom stereocenters. The van der Waals surface area contributed by atoms with E-state index < -0.39 is 5.91 Å². The van der Waals surface area contributed by atoms with Gasteiger partial charge in [0.05, 0.1) is 10.6 Å². The van der Waals surface area contributed by atoms with E-state index in [4.69, 9.17) is 28.8 Å². The number of amides is 1. The predicted molar refractivity (Wildman–Crippen MR) is 81.8 cm³/mol. The van der Waals surface area contributed by atoms with Crippen LogP contribution in [0.3, 0.4) is 0 Å². The third-order valence-corrected chi connectivity index (χ3v) is 3.01. The summed E-state index contributed by atoms with van der Waals surface area (Å²) in [5.74, 6) is -0.533. The van der Waals surface area contributed by atoms with Crippen LogP contribution in [0.5, 0.6) is 0 Å². The number of hydrogen-bond donors (Lipinski definition) is 3. The minimum atomic E-state index is -0.532. The van der Waals surface area contributed by atoms with Gasteiger partial charge in [-0.25, -0.2) is 0 Å². The summed E-state index contributed by atoms with van der Waals surface area (Å²) < 4.78 is 0. The number of benzene rings is 2. The highest BCUT2D eigenvalue weighted by atomic mass is 35.5. The lowest BCUT2D eigenvalue weighted by atomic mass is 10.1. The first kappa shape index (κ1) is 13.9. The minimum absolute atomic E-state index is 0.000260. The molecular formula is C14H13ClN4O. The van der Waals surface area contributed by atoms with Crippen LogP contribution < -0.4 is 17.2 Å². The van der Waals surface area contributed by atoms with E-state index in [2.05, 4.69) is 4.99 Å². The predicted octanol–water partition coefficient (Wildman–Crippen LogP) is 2.05. The van der Waals surface area contributed by atoms with Gasteiger partial charge >= 0.3 is 0 Å². The average molecular weight is 289 g/mol. The molecule has 2 aromatic carbocycles. The highest BCUT2D eigenvalue weighted by Crippen LogP contribution is 2.18. The molecule has 0 heterocycles. The van der Waals surface area contributed by atoms with Crippen molar-refractivity contribution in [3.8, 4) is 0 Å². The zero-order valence-corrected chi connectivity index (χ0v) is 11.3. The first-order valence-electron chi connectivity index (χ1n) is 5.77. The molecule has 0 aromatic heterocycles. The highest BCUT2D eigenvalue weighted by molar-refractivity contribution is 6.34. The number of carbonyl (C=O) groups excluding carboxylic acids is 1. The Morgan fingerprint density at radius 3 is 2.45 bits per heavy atom. The smallest absolute Gasteiger partial charge is 0.280 e. The van der Waals surface area contributed by atoms with Crippen molar-refractivity contribution in [2.45, 2.75) is 0 Å². The van der Waals surface area contributed by atoms with Crippen LogP contribution in [0.15, 0.2) is 47.5 Å². The fraction of sp³-hybridized carbons (Fsp3) is 0. The van der Waals surface area contributed by atoms with E-state index >= 15 is 0 Å². The molecule has 0 bridgehead atoms. The Hall–Kier alpha value is -2.53. The van der Waals surface area contributed by atoms with Crippen LogP contribution in [0.25, 0.3) is 0 Å². The summed E-state index contributed by atoms with van der Waals surface area (Å²) in [6, 6.07) is 11.4. The van der Waals surface area contributed by atoms with Crippen molar-refractivity contribution in [1.82, 2.24) is 0 Å². The molecule has 0 atom stereocenters. The van der Waals surface area contributed by atoms with E-state index in [0.29, 0.717) is 22.0 Å². The Morgan fingerprint density at radius 1 is 1.05 bits per heavy atom. The van der Waals surface area contributed by atoms with Crippen LogP contribution >= 0.6 is 11.6 Å². The number of anilines is 2. The van der Waals surface area contributed by atoms with E-state index in [1.165, 1.54) is 0 Å². The number of nitrogens with two attached hydrogens (primary N) is 3. The van der Waals surface area contributed by atoms with Gasteiger partial charge in [0.1, 0.15) is 5.84 Å². The molecule has 0 saturated heterocycles. The fourth-order valence-corrected chi connectivity index (χ4v) is 1.88. The molecule has 2 aromatic rings. The molecule has 0 aliphatic rings. The Balaban J connectivity index is 2.38. The average Bonchev–Trinajstić information content (AvgIpc) is 2.41. The van der Waals surface area contributed by atoms with E-state index in [9.17, 15) is 4.79 Å². The van der Waals surface area contributed by atoms with Gasteiger partial charge < -0.3 is 17.2 Å². The van der Waals surface area contributed by atoms with Gasteiger partial charge in [0.25, 0.3) is 5.91 Å². The number of hydrogen-bond acceptors (Lipinski definition) is 3. The SMILES string of the molecule is NC(=NC(=O)c1ccccc1Cl)c1cc(N)ccc1N. The second kappa shape index (κ2) is 5.63. The van der Waals surface area contributed by atoms with Gasteiger partial charge in [-0.05, 0) is 30.3 Å². The van der Waals surface area contributed by atoms with Gasteiger partial charge in [-0.15, -0.1) is 0 Å². The lowest BCUT2D eigenvalue weighted by Crippen LogP contribution is -2.18. The van der Waals surface area contributed by atoms with Crippen molar-refractivity contribution < 1.29 is 4.79 Å². The number of halogens is 1. The van der Waals surface area contributed by atoms with Crippen LogP contribution in [-0.4, -0.2) is 11.7 Å². The molecule has 1 amide bonds. The van der Waals surface area contributed by atoms with Gasteiger partial charge in [0, 0.05) is 16.9 Å². The van der Waals surface area contributed by atoms with Crippen molar-refractivity contribution in [2.24, 2.45) is 10.7 Å². The summed E-state index contributed by atoms with van der Waals surface area (Å²) in [6.45, 7) is 0. The van der Waals surface area contributed by atoms with Gasteiger partial charge in [-0.3, -0.25) is 4.79 Å². The summed E-state index contributed by atoms with van der Waals surface area (Å²) in [5, 5.41) is 0.314. The molecule has 20 heavy (non-hydrogen) atoms. The monoisotopic (exact) mass is 288 g/mol. The topological polar surface area (TPSA) is 107 Å². The molecule has 2 rings (SSSR count). The van der Waals surface area contributed by atoms with Crippen LogP contribution in [0, 0.1) is 0 Å². The van der Waals surface area contributed by atoms with Gasteiger partial charge in [-0.1, -0.05) is 23.7 Å². The second-order valence-electron chi connectivity index (χ2n) is 4.13. The number of amidine groups is 1. The van der Waals surface area contributed by atoms with Crippen LogP contribution in [-0.2, 0) is 0 Å². The molecule has 0 aliphatic heterocycles. The lowest BCUT2D eigenvalue weighted by Gasteiger charge is -2.06. The molecule has 102 valence electrons. The van der Waals surface area contributed by atoms with Gasteiger partial charge in [0.2, 0.25) is 0 Å². The molecule has 6 N–H and O–H groups in total. The van der Waals surface area contributed by atoms with Gasteiger partial charge in [0.15, 0.2) is 0 Å². The number of rotatable bonds is 2. The molecular weight excluding hydrogens is 276 g/mol. The third kappa shape index (κ3) is 2.89. The quantitative estimate of drug-likeness (QED) is 0.446. The molecule has 0 spiro atoms. The summed E-state index contributed by atoms with van der Waals surface area (Å²) in [6.07, 6.45) is 0. The lowest BCUT2D eigenvalue weighted by molar-refractivity contribution is 0.100. The van der Waals surface area contributed by atoms with Crippen molar-refractivity contribution in [1.29, 1.82) is 0 Å². The summed E-state index contributed by atoms with van der Waals surface area (Å²) in [4.78, 5) is 15.8. The number of aliphatic imine (C=N–C) groups is 1. The normalized spacial score (nSPS) is 11.3. The zero-order valence-electron chi connectivity index (χ0n) is 10.5. The van der Waals surface area contributed by atoms with Crippen molar-refractivity contribution in [2.75, 3.05) is 11.5 Å². The molecule has 6 heteroatoms. The Labute approximate surface area is 121 Å². The van der Waals surface area contributed by atoms with Gasteiger partial charge in [-0.2, -0.15) is 4.99 Å². The maximum absolute atomic E-state index is 12.0. The number of nitrogens with zero attached hydrogens (tertiary/aromatic N) is 1. The summed E-state index contributed by atoms with van der Waals surface area (Å²) in [5.41, 5.74) is 18.8. The highest BCUT2D eigenvalue weighted by Gasteiger charge is 2.11. The van der Waals surface area contributed by atoms with Crippen molar-refractivity contribution in [3.05, 3.63) is 58.6 Å². The standard InChI is InChI=1S/C14H13ClN4O/c15-11-4-2-1-3-9(11)14(20)19-13(18)10-7-8(16)5-6-12(10)17/h1-7H,16-17H2,(H2,18,19,20). The maximum Gasteiger partial charge on any atom is 0.280 e. The Bertz CT molecular complexity index is 697.